The molecule has 2 N–H and O–H groups in total. The third kappa shape index (κ3) is 2.94. The van der Waals surface area contributed by atoms with Crippen LogP contribution in [-0.4, -0.2) is 18.8 Å². The molecule has 1 heterocycles. The molecule has 4 nitrogen and oxygen atoms in total. The van der Waals surface area contributed by atoms with Gasteiger partial charge in [-0.15, -0.1) is 11.3 Å². The van der Waals surface area contributed by atoms with Crippen molar-refractivity contribution in [1.82, 2.24) is 4.31 Å². The molecule has 0 radical (unpaired) electrons. The Kier molecular flexibility index (Phi) is 3.96. The monoisotopic (exact) mass is 342 g/mol. The standard InChI is InChI=1S/C14H15ClN2O2S2/c15-12-4-1-5-13(16)14(12)21(18,19)17(10-6-7-10)9-11-3-2-8-20-11/h1-5,8,10H,6-7,9,16H2. The highest BCUT2D eigenvalue weighted by molar-refractivity contribution is 7.89. The molecule has 1 fully saturated rings. The number of nitrogens with two attached hydrogens (primary N) is 1. The van der Waals surface area contributed by atoms with Crippen molar-refractivity contribution in [2.24, 2.45) is 0 Å². The number of hydrogen-bond acceptors (Lipinski definition) is 4. The molecule has 0 aliphatic heterocycles. The van der Waals surface area contributed by atoms with E-state index in [0.717, 1.165) is 17.7 Å². The second kappa shape index (κ2) is 5.61. The fourth-order valence-corrected chi connectivity index (χ4v) is 5.33. The number of anilines is 1. The zero-order chi connectivity index (χ0) is 15.0. The minimum Gasteiger partial charge on any atom is -0.398 e. The van der Waals surface area contributed by atoms with Gasteiger partial charge in [0.25, 0.3) is 0 Å². The molecule has 1 aliphatic carbocycles. The molecule has 7 heteroatoms. The summed E-state index contributed by atoms with van der Waals surface area (Å²) in [4.78, 5) is 1.03. The van der Waals surface area contributed by atoms with Gasteiger partial charge in [-0.1, -0.05) is 23.7 Å². The van der Waals surface area contributed by atoms with E-state index in [1.165, 1.54) is 4.31 Å². The van der Waals surface area contributed by atoms with Crippen LogP contribution in [0.25, 0.3) is 0 Å². The molecule has 1 aliphatic rings. The predicted molar refractivity (Wildman–Crippen MR) is 85.9 cm³/mol. The maximum absolute atomic E-state index is 12.9. The van der Waals surface area contributed by atoms with E-state index in [1.54, 1.807) is 29.5 Å². The highest BCUT2D eigenvalue weighted by Crippen LogP contribution is 2.37. The van der Waals surface area contributed by atoms with Crippen molar-refractivity contribution in [3.63, 3.8) is 0 Å². The van der Waals surface area contributed by atoms with Crippen molar-refractivity contribution in [3.8, 4) is 0 Å². The molecular formula is C14H15ClN2O2S2. The number of hydrogen-bond donors (Lipinski definition) is 1. The molecule has 0 amide bonds. The van der Waals surface area contributed by atoms with Crippen LogP contribution in [-0.2, 0) is 16.6 Å². The second-order valence-electron chi connectivity index (χ2n) is 5.02. The number of thiophene rings is 1. The fourth-order valence-electron chi connectivity index (χ4n) is 2.24. The van der Waals surface area contributed by atoms with Crippen LogP contribution >= 0.6 is 22.9 Å². The first-order valence-electron chi connectivity index (χ1n) is 6.58. The van der Waals surface area contributed by atoms with E-state index >= 15 is 0 Å². The van der Waals surface area contributed by atoms with Crippen LogP contribution in [0, 0.1) is 0 Å². The number of sulfonamides is 1. The van der Waals surface area contributed by atoms with Gasteiger partial charge < -0.3 is 5.73 Å². The number of nitrogen functional groups attached to an aromatic ring is 1. The van der Waals surface area contributed by atoms with E-state index in [-0.39, 0.29) is 21.6 Å². The highest BCUT2D eigenvalue weighted by Gasteiger charge is 2.39. The molecule has 1 saturated carbocycles. The van der Waals surface area contributed by atoms with Gasteiger partial charge >= 0.3 is 0 Å². The smallest absolute Gasteiger partial charge is 0.247 e. The molecule has 0 saturated heterocycles. The van der Waals surface area contributed by atoms with Crippen LogP contribution < -0.4 is 5.73 Å². The lowest BCUT2D eigenvalue weighted by Crippen LogP contribution is -2.33. The average molecular weight is 343 g/mol. The van der Waals surface area contributed by atoms with Crippen LogP contribution in [0.15, 0.2) is 40.6 Å². The summed E-state index contributed by atoms with van der Waals surface area (Å²) in [5, 5.41) is 2.11. The Morgan fingerprint density at radius 3 is 2.62 bits per heavy atom. The Morgan fingerprint density at radius 1 is 1.29 bits per heavy atom. The van der Waals surface area contributed by atoms with Gasteiger partial charge in [0.1, 0.15) is 4.90 Å². The first kappa shape index (κ1) is 14.8. The third-order valence-corrected chi connectivity index (χ3v) is 6.71. The molecule has 1 aromatic heterocycles. The molecule has 1 aromatic carbocycles. The lowest BCUT2D eigenvalue weighted by atomic mass is 10.3. The van der Waals surface area contributed by atoms with Crippen LogP contribution in [0.3, 0.4) is 0 Å². The Bertz CT molecular complexity index is 720. The normalized spacial score (nSPS) is 15.5. The maximum atomic E-state index is 12.9. The topological polar surface area (TPSA) is 63.4 Å². The van der Waals surface area contributed by atoms with Crippen molar-refractivity contribution in [2.75, 3.05) is 5.73 Å². The van der Waals surface area contributed by atoms with E-state index in [1.807, 2.05) is 17.5 Å². The van der Waals surface area contributed by atoms with Gasteiger partial charge in [0, 0.05) is 17.5 Å². The van der Waals surface area contributed by atoms with Crippen LogP contribution in [0.4, 0.5) is 5.69 Å². The Hall–Kier alpha value is -1.08. The molecule has 0 bridgehead atoms. The summed E-state index contributed by atoms with van der Waals surface area (Å²) in [6, 6.07) is 8.67. The number of halogens is 1. The first-order valence-corrected chi connectivity index (χ1v) is 9.28. The molecule has 0 spiro atoms. The van der Waals surface area contributed by atoms with Crippen molar-refractivity contribution in [3.05, 3.63) is 45.6 Å². The highest BCUT2D eigenvalue weighted by atomic mass is 35.5. The molecule has 21 heavy (non-hydrogen) atoms. The van der Waals surface area contributed by atoms with Crippen molar-refractivity contribution in [1.29, 1.82) is 0 Å². The van der Waals surface area contributed by atoms with Gasteiger partial charge in [0.05, 0.1) is 10.7 Å². The Balaban J connectivity index is 2.01. The van der Waals surface area contributed by atoms with E-state index in [0.29, 0.717) is 6.54 Å². The average Bonchev–Trinajstić information content (AvgIpc) is 3.11. The Labute approximate surface area is 133 Å². The molecule has 3 rings (SSSR count). The SMILES string of the molecule is Nc1cccc(Cl)c1S(=O)(=O)N(Cc1cccs1)C1CC1. The first-order chi connectivity index (χ1) is 10.00. The summed E-state index contributed by atoms with van der Waals surface area (Å²) in [5.74, 6) is 0. The van der Waals surface area contributed by atoms with Crippen LogP contribution in [0.2, 0.25) is 5.02 Å². The molecule has 0 atom stereocenters. The number of rotatable bonds is 5. The summed E-state index contributed by atoms with van der Waals surface area (Å²) in [7, 11) is -3.69. The number of nitrogens with zero attached hydrogens (tertiary/aromatic N) is 1. The van der Waals surface area contributed by atoms with Gasteiger partial charge in [0.2, 0.25) is 10.0 Å². The van der Waals surface area contributed by atoms with Gasteiger partial charge in [-0.3, -0.25) is 0 Å². The van der Waals surface area contributed by atoms with E-state index < -0.39 is 10.0 Å². The predicted octanol–water partition coefficient (Wildman–Crippen LogP) is 3.34. The molecular weight excluding hydrogens is 328 g/mol. The molecule has 0 unspecified atom stereocenters. The summed E-state index contributed by atoms with van der Waals surface area (Å²) in [5.41, 5.74) is 6.05. The summed E-state index contributed by atoms with van der Waals surface area (Å²) < 4.78 is 27.4. The van der Waals surface area contributed by atoms with E-state index in [4.69, 9.17) is 17.3 Å². The summed E-state index contributed by atoms with van der Waals surface area (Å²) in [6.45, 7) is 0.370. The van der Waals surface area contributed by atoms with Gasteiger partial charge in [-0.25, -0.2) is 8.42 Å². The van der Waals surface area contributed by atoms with Gasteiger partial charge in [-0.2, -0.15) is 4.31 Å². The van der Waals surface area contributed by atoms with Crippen molar-refractivity contribution in [2.45, 2.75) is 30.3 Å². The van der Waals surface area contributed by atoms with Crippen molar-refractivity contribution >= 4 is 38.6 Å². The van der Waals surface area contributed by atoms with Crippen LogP contribution in [0.1, 0.15) is 17.7 Å². The minimum absolute atomic E-state index is 0.0233. The van der Waals surface area contributed by atoms with Crippen LogP contribution in [0.5, 0.6) is 0 Å². The van der Waals surface area contributed by atoms with Gasteiger partial charge in [0.15, 0.2) is 0 Å². The quantitative estimate of drug-likeness (QED) is 0.847. The third-order valence-electron chi connectivity index (χ3n) is 3.41. The number of benzene rings is 1. The second-order valence-corrected chi connectivity index (χ2v) is 8.29. The van der Waals surface area contributed by atoms with E-state index in [9.17, 15) is 8.42 Å². The lowest BCUT2D eigenvalue weighted by molar-refractivity contribution is 0.402. The lowest BCUT2D eigenvalue weighted by Gasteiger charge is -2.22. The maximum Gasteiger partial charge on any atom is 0.247 e. The van der Waals surface area contributed by atoms with Gasteiger partial charge in [-0.05, 0) is 36.4 Å². The zero-order valence-electron chi connectivity index (χ0n) is 11.2. The Morgan fingerprint density at radius 2 is 2.05 bits per heavy atom. The molecule has 2 aromatic rings. The molecule has 112 valence electrons. The summed E-state index contributed by atoms with van der Waals surface area (Å²) >= 11 is 7.63. The van der Waals surface area contributed by atoms with E-state index in [2.05, 4.69) is 0 Å². The largest absolute Gasteiger partial charge is 0.398 e. The fraction of sp³-hybridized carbons (Fsp3) is 0.286. The minimum atomic E-state index is -3.69. The van der Waals surface area contributed by atoms with Crippen molar-refractivity contribution < 1.29 is 8.42 Å². The summed E-state index contributed by atoms with van der Waals surface area (Å²) in [6.07, 6.45) is 1.77. The zero-order valence-corrected chi connectivity index (χ0v) is 13.6.